The summed E-state index contributed by atoms with van der Waals surface area (Å²) in [6.07, 6.45) is 1.57. The Balaban J connectivity index is 1.43. The number of ether oxygens (including phenoxy) is 4. The van der Waals surface area contributed by atoms with Crippen LogP contribution >= 0.6 is 0 Å². The predicted molar refractivity (Wildman–Crippen MR) is 112 cm³/mol. The highest BCUT2D eigenvalue weighted by Crippen LogP contribution is 2.13. The van der Waals surface area contributed by atoms with Gasteiger partial charge >= 0.3 is 0 Å². The van der Waals surface area contributed by atoms with Crippen molar-refractivity contribution in [1.29, 1.82) is 0 Å². The number of rotatable bonds is 17. The molecule has 11 nitrogen and oxygen atoms in total. The minimum atomic E-state index is -0.0740. The lowest BCUT2D eigenvalue weighted by atomic mass is 10.1. The topological polar surface area (TPSA) is 144 Å². The molecule has 0 bridgehead atoms. The second-order valence-corrected chi connectivity index (χ2v) is 6.33. The third-order valence-electron chi connectivity index (χ3n) is 3.96. The molecule has 1 aromatic carbocycles. The Morgan fingerprint density at radius 2 is 1.35 bits per heavy atom. The molecule has 1 heterocycles. The molecule has 3 N–H and O–H groups in total. The van der Waals surface area contributed by atoms with Crippen LogP contribution in [0.3, 0.4) is 0 Å². The van der Waals surface area contributed by atoms with Gasteiger partial charge in [0.15, 0.2) is 6.33 Å². The molecule has 0 fully saturated rings. The zero-order chi connectivity index (χ0) is 22.0. The average Bonchev–Trinajstić information content (AvgIpc) is 2.81. The maximum Gasteiger partial charge on any atom is 0.222 e. The largest absolute Gasteiger partial charge is 0.379 e. The number of hydrogen-bond donors (Lipinski definition) is 2. The predicted octanol–water partition coefficient (Wildman–Crippen LogP) is -0.0350. The van der Waals surface area contributed by atoms with E-state index in [4.69, 9.17) is 24.7 Å². The van der Waals surface area contributed by atoms with E-state index < -0.39 is 0 Å². The first-order valence-electron chi connectivity index (χ1n) is 10.2. The van der Waals surface area contributed by atoms with Gasteiger partial charge in [-0.1, -0.05) is 24.3 Å². The summed E-state index contributed by atoms with van der Waals surface area (Å²) in [4.78, 5) is 11.9. The van der Waals surface area contributed by atoms with Gasteiger partial charge in [-0.15, -0.1) is 20.4 Å². The molecule has 1 amide bonds. The van der Waals surface area contributed by atoms with Crippen molar-refractivity contribution < 1.29 is 23.7 Å². The Kier molecular flexibility index (Phi) is 12.9. The minimum absolute atomic E-state index is 0.0740. The average molecular weight is 434 g/mol. The molecule has 0 radical (unpaired) electrons. The van der Waals surface area contributed by atoms with Crippen LogP contribution in [-0.4, -0.2) is 85.7 Å². The fourth-order valence-corrected chi connectivity index (χ4v) is 2.39. The molecule has 0 aliphatic rings. The van der Waals surface area contributed by atoms with E-state index in [1.807, 2.05) is 24.3 Å². The summed E-state index contributed by atoms with van der Waals surface area (Å²) < 4.78 is 21.3. The number of nitrogens with zero attached hydrogens (tertiary/aromatic N) is 4. The van der Waals surface area contributed by atoms with Crippen molar-refractivity contribution in [3.8, 4) is 11.4 Å². The number of aromatic nitrogens is 4. The molecular weight excluding hydrogens is 404 g/mol. The monoisotopic (exact) mass is 434 g/mol. The van der Waals surface area contributed by atoms with Crippen LogP contribution in [0.1, 0.15) is 12.0 Å². The van der Waals surface area contributed by atoms with E-state index in [0.29, 0.717) is 78.2 Å². The Labute approximate surface area is 181 Å². The summed E-state index contributed by atoms with van der Waals surface area (Å²) >= 11 is 0. The van der Waals surface area contributed by atoms with E-state index in [1.54, 1.807) is 0 Å². The number of carbonyl (C=O) groups is 1. The van der Waals surface area contributed by atoms with Crippen molar-refractivity contribution in [2.75, 3.05) is 59.4 Å². The van der Waals surface area contributed by atoms with Gasteiger partial charge < -0.3 is 30.0 Å². The van der Waals surface area contributed by atoms with Crippen LogP contribution in [0.4, 0.5) is 0 Å². The van der Waals surface area contributed by atoms with Crippen LogP contribution in [0.15, 0.2) is 30.6 Å². The molecule has 0 saturated carbocycles. The fourth-order valence-electron chi connectivity index (χ4n) is 2.39. The van der Waals surface area contributed by atoms with Crippen molar-refractivity contribution in [2.24, 2.45) is 5.73 Å². The van der Waals surface area contributed by atoms with Gasteiger partial charge in [0.05, 0.1) is 52.9 Å². The maximum atomic E-state index is 11.9. The van der Waals surface area contributed by atoms with Gasteiger partial charge in [-0.05, 0) is 5.56 Å². The van der Waals surface area contributed by atoms with Crippen LogP contribution in [0.5, 0.6) is 0 Å². The highest BCUT2D eigenvalue weighted by atomic mass is 16.6. The Morgan fingerprint density at radius 3 is 1.94 bits per heavy atom. The van der Waals surface area contributed by atoms with Gasteiger partial charge in [0.1, 0.15) is 0 Å². The standard InChI is InChI=1S/C20H30N6O5/c21-6-8-29-10-12-31-14-13-30-11-9-28-7-5-19(27)22-15-17-1-3-18(4-2-17)20-25-23-16-24-26-20/h1-4,16H,5-15,21H2,(H,22,27). The first-order chi connectivity index (χ1) is 15.3. The van der Waals surface area contributed by atoms with Gasteiger partial charge in [0.25, 0.3) is 0 Å². The fraction of sp³-hybridized carbons (Fsp3) is 0.550. The zero-order valence-electron chi connectivity index (χ0n) is 17.6. The molecule has 0 spiro atoms. The number of hydrogen-bond acceptors (Lipinski definition) is 10. The molecule has 11 heteroatoms. The van der Waals surface area contributed by atoms with Crippen LogP contribution in [0.2, 0.25) is 0 Å². The molecule has 0 saturated heterocycles. The van der Waals surface area contributed by atoms with Crippen molar-refractivity contribution in [1.82, 2.24) is 25.7 Å². The molecule has 2 rings (SSSR count). The summed E-state index contributed by atoms with van der Waals surface area (Å²) in [6.45, 7) is 4.77. The summed E-state index contributed by atoms with van der Waals surface area (Å²) in [5.41, 5.74) is 7.09. The number of amides is 1. The third kappa shape index (κ3) is 11.4. The van der Waals surface area contributed by atoms with Gasteiger partial charge in [0.2, 0.25) is 11.7 Å². The van der Waals surface area contributed by atoms with E-state index in [0.717, 1.165) is 11.1 Å². The second kappa shape index (κ2) is 16.2. The van der Waals surface area contributed by atoms with E-state index in [9.17, 15) is 4.79 Å². The van der Waals surface area contributed by atoms with Crippen LogP contribution in [-0.2, 0) is 30.3 Å². The van der Waals surface area contributed by atoms with E-state index in [2.05, 4.69) is 25.7 Å². The zero-order valence-corrected chi connectivity index (χ0v) is 17.6. The lowest BCUT2D eigenvalue weighted by molar-refractivity contribution is -0.122. The van der Waals surface area contributed by atoms with Crippen LogP contribution < -0.4 is 11.1 Å². The number of nitrogens with two attached hydrogens (primary N) is 1. The van der Waals surface area contributed by atoms with E-state index in [1.165, 1.54) is 6.33 Å². The van der Waals surface area contributed by atoms with Crippen LogP contribution in [0, 0.1) is 0 Å². The van der Waals surface area contributed by atoms with Gasteiger partial charge in [-0.3, -0.25) is 4.79 Å². The maximum absolute atomic E-state index is 11.9. The molecule has 170 valence electrons. The molecule has 0 aliphatic carbocycles. The first kappa shape index (κ1) is 24.7. The normalized spacial score (nSPS) is 10.9. The highest BCUT2D eigenvalue weighted by Gasteiger charge is 2.04. The highest BCUT2D eigenvalue weighted by molar-refractivity contribution is 5.75. The van der Waals surface area contributed by atoms with Crippen molar-refractivity contribution >= 4 is 5.91 Å². The molecule has 0 aliphatic heterocycles. The smallest absolute Gasteiger partial charge is 0.222 e. The first-order valence-corrected chi connectivity index (χ1v) is 10.2. The molecular formula is C20H30N6O5. The summed E-state index contributed by atoms with van der Waals surface area (Å²) in [5, 5.41) is 18.1. The van der Waals surface area contributed by atoms with E-state index >= 15 is 0 Å². The Hall–Kier alpha value is -2.57. The van der Waals surface area contributed by atoms with Crippen molar-refractivity contribution in [3.63, 3.8) is 0 Å². The molecule has 0 atom stereocenters. The Bertz CT molecular complexity index is 720. The molecule has 1 aromatic heterocycles. The van der Waals surface area contributed by atoms with Gasteiger partial charge in [0, 0.05) is 25.1 Å². The SMILES string of the molecule is NCCOCCOCCOCCOCCC(=O)NCc1ccc(-c2nncnn2)cc1. The van der Waals surface area contributed by atoms with Gasteiger partial charge in [-0.25, -0.2) is 0 Å². The van der Waals surface area contributed by atoms with Crippen molar-refractivity contribution in [2.45, 2.75) is 13.0 Å². The quantitative estimate of drug-likeness (QED) is 0.326. The lowest BCUT2D eigenvalue weighted by Gasteiger charge is -2.08. The molecule has 2 aromatic rings. The molecule has 0 unspecified atom stereocenters. The number of carbonyl (C=O) groups excluding carboxylic acids is 1. The summed E-state index contributed by atoms with van der Waals surface area (Å²) in [5.74, 6) is 0.384. The second-order valence-electron chi connectivity index (χ2n) is 6.33. The van der Waals surface area contributed by atoms with E-state index in [-0.39, 0.29) is 5.91 Å². The molecule has 31 heavy (non-hydrogen) atoms. The summed E-state index contributed by atoms with van der Waals surface area (Å²) in [6, 6.07) is 7.53. The van der Waals surface area contributed by atoms with Crippen LogP contribution in [0.25, 0.3) is 11.4 Å². The number of nitrogens with one attached hydrogen (secondary N) is 1. The Morgan fingerprint density at radius 1 is 0.806 bits per heavy atom. The van der Waals surface area contributed by atoms with Crippen molar-refractivity contribution in [3.05, 3.63) is 36.2 Å². The summed E-state index contributed by atoms with van der Waals surface area (Å²) in [7, 11) is 0. The lowest BCUT2D eigenvalue weighted by Crippen LogP contribution is -2.24. The van der Waals surface area contributed by atoms with Gasteiger partial charge in [-0.2, -0.15) is 0 Å². The third-order valence-corrected chi connectivity index (χ3v) is 3.96. The number of benzene rings is 1. The minimum Gasteiger partial charge on any atom is -0.379 e.